The van der Waals surface area contributed by atoms with Gasteiger partial charge in [0.25, 0.3) is 0 Å². The molecule has 8 heteroatoms. The van der Waals surface area contributed by atoms with Gasteiger partial charge in [-0.15, -0.1) is 0 Å². The standard InChI is InChI=1S/C10H10O4.C9H8O4/c1-5-3-7(9(11)12)8(10(13)14)4-6(5)2;1-5-2-3-6(8(10)11)7(4-5)9(12)13/h3-4H,1-2H3,(H,11,12)(H,13,14);2-4H,1H3,(H,10,11)(H,12,13). The van der Waals surface area contributed by atoms with Crippen molar-refractivity contribution in [2.45, 2.75) is 20.8 Å². The lowest BCUT2D eigenvalue weighted by atomic mass is 10.00. The first kappa shape index (κ1) is 21.4. The van der Waals surface area contributed by atoms with Crippen molar-refractivity contribution in [2.75, 3.05) is 0 Å². The molecule has 0 aliphatic carbocycles. The molecule has 0 saturated heterocycles. The highest BCUT2D eigenvalue weighted by Gasteiger charge is 2.17. The van der Waals surface area contributed by atoms with E-state index in [1.54, 1.807) is 26.8 Å². The fourth-order valence-electron chi connectivity index (χ4n) is 2.19. The van der Waals surface area contributed by atoms with Crippen LogP contribution in [0.15, 0.2) is 30.3 Å². The van der Waals surface area contributed by atoms with E-state index in [4.69, 9.17) is 20.4 Å². The summed E-state index contributed by atoms with van der Waals surface area (Å²) in [6, 6.07) is 6.95. The molecular weight excluding hydrogens is 356 g/mol. The second-order valence-electron chi connectivity index (χ2n) is 5.75. The highest BCUT2D eigenvalue weighted by Crippen LogP contribution is 2.16. The van der Waals surface area contributed by atoms with Gasteiger partial charge in [-0.3, -0.25) is 0 Å². The van der Waals surface area contributed by atoms with Crippen LogP contribution in [0.1, 0.15) is 58.1 Å². The molecule has 2 rings (SSSR count). The zero-order chi connectivity index (χ0) is 20.9. The van der Waals surface area contributed by atoms with E-state index in [1.165, 1.54) is 24.3 Å². The number of hydrogen-bond donors (Lipinski definition) is 4. The number of benzene rings is 2. The highest BCUT2D eigenvalue weighted by atomic mass is 16.4. The minimum absolute atomic E-state index is 0.166. The van der Waals surface area contributed by atoms with Crippen LogP contribution in [0.5, 0.6) is 0 Å². The van der Waals surface area contributed by atoms with Crippen molar-refractivity contribution in [3.05, 3.63) is 69.3 Å². The third kappa shape index (κ3) is 5.40. The van der Waals surface area contributed by atoms with Crippen molar-refractivity contribution in [1.82, 2.24) is 0 Å². The van der Waals surface area contributed by atoms with Gasteiger partial charge in [-0.25, -0.2) is 19.2 Å². The SMILES string of the molecule is Cc1cc(C(=O)O)c(C(=O)O)cc1C.Cc1ccc(C(=O)O)c(C(=O)O)c1. The number of carbonyl (C=O) groups is 4. The molecule has 0 aliphatic rings. The molecule has 2 aromatic carbocycles. The maximum Gasteiger partial charge on any atom is 0.336 e. The minimum atomic E-state index is -1.22. The van der Waals surface area contributed by atoms with Crippen molar-refractivity contribution < 1.29 is 39.6 Å². The zero-order valence-corrected chi connectivity index (χ0v) is 14.8. The lowest BCUT2D eigenvalue weighted by Gasteiger charge is -2.05. The fourth-order valence-corrected chi connectivity index (χ4v) is 2.19. The summed E-state index contributed by atoms with van der Waals surface area (Å²) in [5, 5.41) is 34.9. The quantitative estimate of drug-likeness (QED) is 0.638. The molecule has 0 aromatic heterocycles. The molecule has 0 spiro atoms. The van der Waals surface area contributed by atoms with Crippen molar-refractivity contribution in [3.63, 3.8) is 0 Å². The molecule has 0 fully saturated rings. The molecule has 0 heterocycles. The van der Waals surface area contributed by atoms with Crippen LogP contribution >= 0.6 is 0 Å². The number of carboxylic acid groups (broad SMARTS) is 4. The number of rotatable bonds is 4. The zero-order valence-electron chi connectivity index (χ0n) is 14.8. The Kier molecular flexibility index (Phi) is 6.82. The van der Waals surface area contributed by atoms with Gasteiger partial charge in [0, 0.05) is 0 Å². The molecule has 0 amide bonds. The second kappa shape index (κ2) is 8.61. The molecule has 0 radical (unpaired) electrons. The molecule has 4 N–H and O–H groups in total. The van der Waals surface area contributed by atoms with Crippen LogP contribution in [-0.2, 0) is 0 Å². The first-order valence-corrected chi connectivity index (χ1v) is 7.60. The summed E-state index contributed by atoms with van der Waals surface area (Å²) in [4.78, 5) is 42.6. The lowest BCUT2D eigenvalue weighted by Crippen LogP contribution is -2.09. The van der Waals surface area contributed by atoms with Gasteiger partial charge in [-0.05, 0) is 56.2 Å². The van der Waals surface area contributed by atoms with E-state index in [0.717, 1.165) is 16.7 Å². The highest BCUT2D eigenvalue weighted by molar-refractivity contribution is 6.02. The molecule has 0 aliphatic heterocycles. The lowest BCUT2D eigenvalue weighted by molar-refractivity contribution is 0.0651. The van der Waals surface area contributed by atoms with E-state index in [-0.39, 0.29) is 22.3 Å². The van der Waals surface area contributed by atoms with Gasteiger partial charge in [0.1, 0.15) is 0 Å². The van der Waals surface area contributed by atoms with Crippen LogP contribution in [0.4, 0.5) is 0 Å². The number of hydrogen-bond acceptors (Lipinski definition) is 4. The Balaban J connectivity index is 0.000000271. The average molecular weight is 374 g/mol. The van der Waals surface area contributed by atoms with Gasteiger partial charge >= 0.3 is 23.9 Å². The normalized spacial score (nSPS) is 9.74. The van der Waals surface area contributed by atoms with Gasteiger partial charge in [-0.2, -0.15) is 0 Å². The Bertz CT molecular complexity index is 889. The summed E-state index contributed by atoms with van der Waals surface area (Å²) >= 11 is 0. The Morgan fingerprint density at radius 3 is 1.22 bits per heavy atom. The number of aromatic carboxylic acids is 4. The molecular formula is C19H18O8. The van der Waals surface area contributed by atoms with E-state index < -0.39 is 23.9 Å². The summed E-state index contributed by atoms with van der Waals surface area (Å²) in [6.07, 6.45) is 0. The largest absolute Gasteiger partial charge is 0.478 e. The van der Waals surface area contributed by atoms with Gasteiger partial charge < -0.3 is 20.4 Å². The van der Waals surface area contributed by atoms with Crippen molar-refractivity contribution in [3.8, 4) is 0 Å². The smallest absolute Gasteiger partial charge is 0.336 e. The number of carboxylic acids is 4. The summed E-state index contributed by atoms with van der Waals surface area (Å²) in [6.45, 7) is 5.19. The predicted molar refractivity (Wildman–Crippen MR) is 94.9 cm³/mol. The van der Waals surface area contributed by atoms with Crippen LogP contribution in [0, 0.1) is 20.8 Å². The Morgan fingerprint density at radius 2 is 0.889 bits per heavy atom. The van der Waals surface area contributed by atoms with Crippen molar-refractivity contribution in [2.24, 2.45) is 0 Å². The van der Waals surface area contributed by atoms with E-state index in [1.807, 2.05) is 0 Å². The molecule has 0 unspecified atom stereocenters. The minimum Gasteiger partial charge on any atom is -0.478 e. The van der Waals surface area contributed by atoms with Crippen molar-refractivity contribution in [1.29, 1.82) is 0 Å². The molecule has 0 saturated carbocycles. The first-order valence-electron chi connectivity index (χ1n) is 7.60. The van der Waals surface area contributed by atoms with Gasteiger partial charge in [0.15, 0.2) is 0 Å². The molecule has 27 heavy (non-hydrogen) atoms. The maximum absolute atomic E-state index is 10.7. The van der Waals surface area contributed by atoms with E-state index in [9.17, 15) is 19.2 Å². The van der Waals surface area contributed by atoms with Crippen molar-refractivity contribution >= 4 is 23.9 Å². The molecule has 8 nitrogen and oxygen atoms in total. The Morgan fingerprint density at radius 1 is 0.556 bits per heavy atom. The molecule has 0 bridgehead atoms. The van der Waals surface area contributed by atoms with E-state index >= 15 is 0 Å². The monoisotopic (exact) mass is 374 g/mol. The summed E-state index contributed by atoms with van der Waals surface area (Å²) < 4.78 is 0. The van der Waals surface area contributed by atoms with Crippen LogP contribution in [0.2, 0.25) is 0 Å². The van der Waals surface area contributed by atoms with Crippen LogP contribution in [-0.4, -0.2) is 44.3 Å². The summed E-state index contributed by atoms with van der Waals surface area (Å²) in [5.41, 5.74) is 1.58. The van der Waals surface area contributed by atoms with Crippen LogP contribution < -0.4 is 0 Å². The predicted octanol–water partition coefficient (Wildman–Crippen LogP) is 3.09. The van der Waals surface area contributed by atoms with Gasteiger partial charge in [0.05, 0.1) is 22.3 Å². The third-order valence-corrected chi connectivity index (χ3v) is 3.73. The number of aryl methyl sites for hydroxylation is 3. The molecule has 142 valence electrons. The Labute approximate surface area is 154 Å². The maximum atomic E-state index is 10.7. The summed E-state index contributed by atoms with van der Waals surface area (Å²) in [5.74, 6) is -4.88. The summed E-state index contributed by atoms with van der Waals surface area (Å²) in [7, 11) is 0. The first-order chi connectivity index (χ1) is 12.5. The van der Waals surface area contributed by atoms with E-state index in [0.29, 0.717) is 0 Å². The third-order valence-electron chi connectivity index (χ3n) is 3.73. The fraction of sp³-hybridized carbons (Fsp3) is 0.158. The second-order valence-corrected chi connectivity index (χ2v) is 5.75. The van der Waals surface area contributed by atoms with Crippen LogP contribution in [0.25, 0.3) is 0 Å². The Hall–Kier alpha value is -3.68. The van der Waals surface area contributed by atoms with Gasteiger partial charge in [-0.1, -0.05) is 11.6 Å². The molecule has 2 aromatic rings. The topological polar surface area (TPSA) is 149 Å². The van der Waals surface area contributed by atoms with E-state index in [2.05, 4.69) is 0 Å². The van der Waals surface area contributed by atoms with Crippen LogP contribution in [0.3, 0.4) is 0 Å². The molecule has 0 atom stereocenters. The average Bonchev–Trinajstić information content (AvgIpc) is 2.56. The van der Waals surface area contributed by atoms with Gasteiger partial charge in [0.2, 0.25) is 0 Å².